The molecule has 0 aromatic heterocycles. The second-order valence-electron chi connectivity index (χ2n) is 4.26. The summed E-state index contributed by atoms with van der Waals surface area (Å²) in [5.74, 6) is -0.337. The molecule has 2 aromatic carbocycles. The van der Waals surface area contributed by atoms with Crippen LogP contribution in [0, 0.1) is 22.9 Å². The lowest BCUT2D eigenvalue weighted by Gasteiger charge is -2.08. The van der Waals surface area contributed by atoms with Gasteiger partial charge in [-0.3, -0.25) is 10.1 Å². The molecule has 0 aliphatic carbocycles. The Morgan fingerprint density at radius 1 is 1.26 bits per heavy atom. The molecule has 1 N–H and O–H groups in total. The van der Waals surface area contributed by atoms with E-state index in [1.807, 2.05) is 6.92 Å². The first kappa shape index (κ1) is 13.0. The van der Waals surface area contributed by atoms with E-state index in [-0.39, 0.29) is 11.5 Å². The van der Waals surface area contributed by atoms with Crippen LogP contribution in [0.15, 0.2) is 42.5 Å². The smallest absolute Gasteiger partial charge is 0.269 e. The van der Waals surface area contributed by atoms with Crippen LogP contribution < -0.4 is 5.32 Å². The van der Waals surface area contributed by atoms with Gasteiger partial charge in [-0.05, 0) is 30.2 Å². The summed E-state index contributed by atoms with van der Waals surface area (Å²) in [5, 5.41) is 13.6. The summed E-state index contributed by atoms with van der Waals surface area (Å²) in [7, 11) is 0. The van der Waals surface area contributed by atoms with Gasteiger partial charge in [0.15, 0.2) is 0 Å². The molecule has 19 heavy (non-hydrogen) atoms. The van der Waals surface area contributed by atoms with Gasteiger partial charge in [-0.1, -0.05) is 18.2 Å². The van der Waals surface area contributed by atoms with E-state index in [1.54, 1.807) is 24.3 Å². The van der Waals surface area contributed by atoms with Crippen molar-refractivity contribution < 1.29 is 9.31 Å². The van der Waals surface area contributed by atoms with Gasteiger partial charge in [-0.2, -0.15) is 0 Å². The molecule has 0 aliphatic rings. The summed E-state index contributed by atoms with van der Waals surface area (Å²) in [5.41, 5.74) is 2.11. The fourth-order valence-electron chi connectivity index (χ4n) is 1.75. The molecule has 98 valence electrons. The van der Waals surface area contributed by atoms with Crippen molar-refractivity contribution in [3.8, 4) is 0 Å². The normalized spacial score (nSPS) is 10.2. The number of benzene rings is 2. The zero-order valence-electron chi connectivity index (χ0n) is 10.4. The van der Waals surface area contributed by atoms with Crippen molar-refractivity contribution in [1.82, 2.24) is 0 Å². The molecule has 4 nitrogen and oxygen atoms in total. The highest BCUT2D eigenvalue weighted by Crippen LogP contribution is 2.18. The highest BCUT2D eigenvalue weighted by atomic mass is 19.1. The van der Waals surface area contributed by atoms with Gasteiger partial charge >= 0.3 is 0 Å². The monoisotopic (exact) mass is 260 g/mol. The maximum absolute atomic E-state index is 13.5. The molecule has 0 heterocycles. The lowest BCUT2D eigenvalue weighted by molar-refractivity contribution is -0.384. The fourth-order valence-corrected chi connectivity index (χ4v) is 1.75. The summed E-state index contributed by atoms with van der Waals surface area (Å²) in [6, 6.07) is 11.1. The van der Waals surface area contributed by atoms with Gasteiger partial charge in [0.05, 0.1) is 10.6 Å². The van der Waals surface area contributed by atoms with E-state index in [0.717, 1.165) is 11.1 Å². The lowest BCUT2D eigenvalue weighted by atomic mass is 10.2. The summed E-state index contributed by atoms with van der Waals surface area (Å²) in [4.78, 5) is 10.2. The quantitative estimate of drug-likeness (QED) is 0.674. The van der Waals surface area contributed by atoms with Crippen LogP contribution in [-0.4, -0.2) is 4.92 Å². The zero-order valence-corrected chi connectivity index (χ0v) is 10.4. The molecule has 0 saturated heterocycles. The van der Waals surface area contributed by atoms with E-state index in [0.29, 0.717) is 12.2 Å². The van der Waals surface area contributed by atoms with Crippen molar-refractivity contribution in [3.05, 3.63) is 69.5 Å². The minimum absolute atomic E-state index is 0.0315. The van der Waals surface area contributed by atoms with Crippen LogP contribution in [-0.2, 0) is 6.54 Å². The van der Waals surface area contributed by atoms with Gasteiger partial charge in [0.25, 0.3) is 5.69 Å². The number of halogens is 1. The van der Waals surface area contributed by atoms with Crippen molar-refractivity contribution in [3.63, 3.8) is 0 Å². The second-order valence-corrected chi connectivity index (χ2v) is 4.26. The number of aryl methyl sites for hydroxylation is 1. The molecule has 0 aliphatic heterocycles. The first-order chi connectivity index (χ1) is 9.06. The molecule has 0 unspecified atom stereocenters. The van der Waals surface area contributed by atoms with Crippen molar-refractivity contribution in [2.24, 2.45) is 0 Å². The average Bonchev–Trinajstić information content (AvgIpc) is 2.40. The van der Waals surface area contributed by atoms with Gasteiger partial charge in [0.2, 0.25) is 0 Å². The summed E-state index contributed by atoms with van der Waals surface area (Å²) in [6.45, 7) is 2.21. The van der Waals surface area contributed by atoms with Crippen LogP contribution in [0.2, 0.25) is 0 Å². The highest BCUT2D eigenvalue weighted by molar-refractivity contribution is 5.48. The second kappa shape index (κ2) is 5.48. The Morgan fingerprint density at radius 3 is 2.79 bits per heavy atom. The first-order valence-electron chi connectivity index (χ1n) is 5.79. The number of rotatable bonds is 4. The predicted octanol–water partition coefficient (Wildman–Crippen LogP) is 3.65. The molecule has 0 fully saturated rings. The Morgan fingerprint density at radius 2 is 2.05 bits per heavy atom. The van der Waals surface area contributed by atoms with E-state index < -0.39 is 4.92 Å². The molecule has 2 aromatic rings. The molecule has 0 radical (unpaired) electrons. The number of nitro groups is 1. The Labute approximate surface area is 110 Å². The van der Waals surface area contributed by atoms with Gasteiger partial charge in [-0.15, -0.1) is 0 Å². The van der Waals surface area contributed by atoms with Crippen molar-refractivity contribution in [2.45, 2.75) is 13.5 Å². The number of anilines is 1. The van der Waals surface area contributed by atoms with Gasteiger partial charge in [-0.25, -0.2) is 4.39 Å². The zero-order chi connectivity index (χ0) is 13.8. The van der Waals surface area contributed by atoms with Crippen LogP contribution in [0.4, 0.5) is 15.8 Å². The Kier molecular flexibility index (Phi) is 3.75. The Balaban J connectivity index is 2.12. The third kappa shape index (κ3) is 3.28. The number of hydrogen-bond donors (Lipinski definition) is 1. The number of nitrogens with zero attached hydrogens (tertiary/aromatic N) is 1. The molecular weight excluding hydrogens is 247 g/mol. The van der Waals surface area contributed by atoms with E-state index in [2.05, 4.69) is 5.32 Å². The van der Waals surface area contributed by atoms with Crippen molar-refractivity contribution in [2.75, 3.05) is 5.32 Å². The molecule has 0 saturated carbocycles. The van der Waals surface area contributed by atoms with Crippen LogP contribution >= 0.6 is 0 Å². The maximum Gasteiger partial charge on any atom is 0.269 e. The van der Waals surface area contributed by atoms with Crippen LogP contribution in [0.3, 0.4) is 0 Å². The standard InChI is InChI=1S/C14H13FN2O2/c1-10-5-6-13(15)14(7-10)16-9-11-3-2-4-12(8-11)17(18)19/h2-8,16H,9H2,1H3. The van der Waals surface area contributed by atoms with E-state index in [9.17, 15) is 14.5 Å². The summed E-state index contributed by atoms with van der Waals surface area (Å²) < 4.78 is 13.5. The van der Waals surface area contributed by atoms with Crippen LogP contribution in [0.1, 0.15) is 11.1 Å². The van der Waals surface area contributed by atoms with E-state index in [4.69, 9.17) is 0 Å². The van der Waals surface area contributed by atoms with Gasteiger partial charge in [0.1, 0.15) is 5.82 Å². The van der Waals surface area contributed by atoms with Gasteiger partial charge < -0.3 is 5.32 Å². The van der Waals surface area contributed by atoms with Gasteiger partial charge in [0, 0.05) is 18.7 Å². The van der Waals surface area contributed by atoms with Crippen LogP contribution in [0.5, 0.6) is 0 Å². The van der Waals surface area contributed by atoms with Crippen LogP contribution in [0.25, 0.3) is 0 Å². The predicted molar refractivity (Wildman–Crippen MR) is 71.6 cm³/mol. The minimum atomic E-state index is -0.448. The summed E-state index contributed by atoms with van der Waals surface area (Å²) in [6.07, 6.45) is 0. The topological polar surface area (TPSA) is 55.2 Å². The maximum atomic E-state index is 13.5. The molecule has 0 bridgehead atoms. The molecular formula is C14H13FN2O2. The number of hydrogen-bond acceptors (Lipinski definition) is 3. The third-order valence-corrected chi connectivity index (χ3v) is 2.73. The first-order valence-corrected chi connectivity index (χ1v) is 5.79. The molecule has 5 heteroatoms. The third-order valence-electron chi connectivity index (χ3n) is 2.73. The minimum Gasteiger partial charge on any atom is -0.379 e. The average molecular weight is 260 g/mol. The van der Waals surface area contributed by atoms with E-state index in [1.165, 1.54) is 18.2 Å². The molecule has 0 amide bonds. The molecule has 0 atom stereocenters. The molecule has 0 spiro atoms. The molecule has 2 rings (SSSR count). The summed E-state index contributed by atoms with van der Waals surface area (Å²) >= 11 is 0. The Bertz CT molecular complexity index is 614. The number of nitro benzene ring substituents is 1. The van der Waals surface area contributed by atoms with E-state index >= 15 is 0 Å². The number of nitrogens with one attached hydrogen (secondary N) is 1. The van der Waals surface area contributed by atoms with Crippen molar-refractivity contribution in [1.29, 1.82) is 0 Å². The lowest BCUT2D eigenvalue weighted by Crippen LogP contribution is -2.02. The number of non-ortho nitro benzene ring substituents is 1. The highest BCUT2D eigenvalue weighted by Gasteiger charge is 2.06. The fraction of sp³-hybridized carbons (Fsp3) is 0.143. The SMILES string of the molecule is Cc1ccc(F)c(NCc2cccc([N+](=O)[O-])c2)c1. The Hall–Kier alpha value is -2.43. The van der Waals surface area contributed by atoms with Crippen molar-refractivity contribution >= 4 is 11.4 Å². The largest absolute Gasteiger partial charge is 0.379 e.